The first-order chi connectivity index (χ1) is 13.7. The van der Waals surface area contributed by atoms with Gasteiger partial charge in [0, 0.05) is 24.3 Å². The number of nitrogens with one attached hydrogen (secondary N) is 4. The van der Waals surface area contributed by atoms with Crippen molar-refractivity contribution in [2.45, 2.75) is 46.2 Å². The second-order valence-corrected chi connectivity index (χ2v) is 7.25. The lowest BCUT2D eigenvalue weighted by atomic mass is 10.0. The van der Waals surface area contributed by atoms with Gasteiger partial charge in [-0.15, -0.1) is 0 Å². The highest BCUT2D eigenvalue weighted by atomic mass is 16.2. The number of urea groups is 1. The molecule has 0 spiro atoms. The van der Waals surface area contributed by atoms with Crippen LogP contribution in [0.3, 0.4) is 0 Å². The topological polar surface area (TPSA) is 99.3 Å². The number of amides is 4. The summed E-state index contributed by atoms with van der Waals surface area (Å²) < 4.78 is 0. The van der Waals surface area contributed by atoms with Crippen molar-refractivity contribution in [2.24, 2.45) is 0 Å². The number of hydrogen-bond donors (Lipinski definition) is 4. The van der Waals surface area contributed by atoms with E-state index in [2.05, 4.69) is 21.3 Å². The van der Waals surface area contributed by atoms with Crippen LogP contribution in [0.5, 0.6) is 0 Å². The van der Waals surface area contributed by atoms with Crippen LogP contribution in [0.2, 0.25) is 0 Å². The van der Waals surface area contributed by atoms with Crippen molar-refractivity contribution in [3.63, 3.8) is 0 Å². The number of carbonyl (C=O) groups is 3. The molecule has 7 heteroatoms. The zero-order chi connectivity index (χ0) is 21.4. The largest absolute Gasteiger partial charge is 0.349 e. The minimum atomic E-state index is -0.409. The lowest BCUT2D eigenvalue weighted by Gasteiger charge is -2.18. The van der Waals surface area contributed by atoms with Gasteiger partial charge in [-0.05, 0) is 50.6 Å². The second kappa shape index (κ2) is 10.3. The first kappa shape index (κ1) is 21.9. The predicted octanol–water partition coefficient (Wildman–Crippen LogP) is 3.73. The van der Waals surface area contributed by atoms with Crippen LogP contribution in [0.1, 0.15) is 44.4 Å². The molecule has 2 aromatic carbocycles. The average Bonchev–Trinajstić information content (AvgIpc) is 2.62. The second-order valence-electron chi connectivity index (χ2n) is 7.25. The quantitative estimate of drug-likeness (QED) is 0.574. The molecule has 0 radical (unpaired) electrons. The fourth-order valence-electron chi connectivity index (χ4n) is 2.76. The van der Waals surface area contributed by atoms with E-state index in [1.807, 2.05) is 45.0 Å². The van der Waals surface area contributed by atoms with Gasteiger partial charge in [0.15, 0.2) is 0 Å². The van der Waals surface area contributed by atoms with Crippen LogP contribution in [0.15, 0.2) is 48.5 Å². The van der Waals surface area contributed by atoms with E-state index in [0.29, 0.717) is 11.4 Å². The van der Waals surface area contributed by atoms with Crippen LogP contribution in [0.4, 0.5) is 16.2 Å². The van der Waals surface area contributed by atoms with Crippen molar-refractivity contribution in [1.29, 1.82) is 0 Å². The molecule has 1 unspecified atom stereocenters. The van der Waals surface area contributed by atoms with Crippen LogP contribution in [0.25, 0.3) is 0 Å². The van der Waals surface area contributed by atoms with Gasteiger partial charge in [0.2, 0.25) is 11.8 Å². The third-order valence-electron chi connectivity index (χ3n) is 4.09. The number of aryl methyl sites for hydroxylation is 1. The summed E-state index contributed by atoms with van der Waals surface area (Å²) >= 11 is 0. The van der Waals surface area contributed by atoms with Crippen LogP contribution in [-0.4, -0.2) is 23.9 Å². The summed E-state index contributed by atoms with van der Waals surface area (Å²) in [5.41, 5.74) is 3.21. The standard InChI is InChI=1S/C22H28N4O3/c1-14(2)23-22(29)26-19-11-9-18(10-12-19)25-21(28)13-20(24-16(4)27)17-7-5-15(3)6-8-17/h5-12,14,20H,13H2,1-4H3,(H,24,27)(H,25,28)(H2,23,26,29). The summed E-state index contributed by atoms with van der Waals surface area (Å²) in [7, 11) is 0. The molecule has 2 rings (SSSR count). The van der Waals surface area contributed by atoms with Crippen LogP contribution in [0, 0.1) is 6.92 Å². The first-order valence-electron chi connectivity index (χ1n) is 9.54. The van der Waals surface area contributed by atoms with E-state index < -0.39 is 6.04 Å². The minimum Gasteiger partial charge on any atom is -0.349 e. The molecule has 0 aliphatic heterocycles. The van der Waals surface area contributed by atoms with Crippen molar-refractivity contribution < 1.29 is 14.4 Å². The molecule has 4 amide bonds. The summed E-state index contributed by atoms with van der Waals surface area (Å²) in [6.07, 6.45) is 0.111. The summed E-state index contributed by atoms with van der Waals surface area (Å²) in [6, 6.07) is 13.9. The zero-order valence-electron chi connectivity index (χ0n) is 17.2. The Bertz CT molecular complexity index is 845. The van der Waals surface area contributed by atoms with E-state index in [-0.39, 0.29) is 30.3 Å². The third-order valence-corrected chi connectivity index (χ3v) is 4.09. The molecule has 0 aliphatic rings. The maximum absolute atomic E-state index is 12.5. The number of rotatable bonds is 7. The van der Waals surface area contributed by atoms with Gasteiger partial charge in [-0.1, -0.05) is 29.8 Å². The molecule has 4 N–H and O–H groups in total. The Morgan fingerprint density at radius 3 is 1.90 bits per heavy atom. The van der Waals surface area contributed by atoms with Crippen molar-refractivity contribution in [1.82, 2.24) is 10.6 Å². The lowest BCUT2D eigenvalue weighted by Crippen LogP contribution is -2.34. The van der Waals surface area contributed by atoms with Crippen molar-refractivity contribution in [3.05, 3.63) is 59.7 Å². The normalized spacial score (nSPS) is 11.5. The molecule has 0 aromatic heterocycles. The number of carbonyl (C=O) groups excluding carboxylic acids is 3. The van der Waals surface area contributed by atoms with Gasteiger partial charge in [-0.25, -0.2) is 4.79 Å². The van der Waals surface area contributed by atoms with Gasteiger partial charge in [0.05, 0.1) is 12.5 Å². The van der Waals surface area contributed by atoms with Gasteiger partial charge >= 0.3 is 6.03 Å². The molecule has 7 nitrogen and oxygen atoms in total. The van der Waals surface area contributed by atoms with E-state index in [9.17, 15) is 14.4 Å². The van der Waals surface area contributed by atoms with Gasteiger partial charge in [0.1, 0.15) is 0 Å². The van der Waals surface area contributed by atoms with Crippen molar-refractivity contribution in [3.8, 4) is 0 Å². The highest BCUT2D eigenvalue weighted by Gasteiger charge is 2.17. The Morgan fingerprint density at radius 1 is 0.828 bits per heavy atom. The van der Waals surface area contributed by atoms with Gasteiger partial charge in [0.25, 0.3) is 0 Å². The molecule has 0 bridgehead atoms. The van der Waals surface area contributed by atoms with E-state index >= 15 is 0 Å². The molecule has 1 atom stereocenters. The maximum atomic E-state index is 12.5. The Morgan fingerprint density at radius 2 is 1.38 bits per heavy atom. The van der Waals surface area contributed by atoms with Gasteiger partial charge in [-0.3, -0.25) is 9.59 Å². The monoisotopic (exact) mass is 396 g/mol. The molecule has 0 heterocycles. The lowest BCUT2D eigenvalue weighted by molar-refractivity contribution is -0.120. The van der Waals surface area contributed by atoms with Crippen molar-refractivity contribution >= 4 is 29.2 Å². The summed E-state index contributed by atoms with van der Waals surface area (Å²) in [4.78, 5) is 35.8. The molecular formula is C22H28N4O3. The molecule has 29 heavy (non-hydrogen) atoms. The number of benzene rings is 2. The van der Waals surface area contributed by atoms with Crippen molar-refractivity contribution in [2.75, 3.05) is 10.6 Å². The molecular weight excluding hydrogens is 368 g/mol. The van der Waals surface area contributed by atoms with E-state index in [1.54, 1.807) is 24.3 Å². The zero-order valence-corrected chi connectivity index (χ0v) is 17.2. The van der Waals surface area contributed by atoms with Crippen LogP contribution in [-0.2, 0) is 9.59 Å². The maximum Gasteiger partial charge on any atom is 0.319 e. The minimum absolute atomic E-state index is 0.0404. The van der Waals surface area contributed by atoms with Gasteiger partial charge in [-0.2, -0.15) is 0 Å². The number of anilines is 2. The van der Waals surface area contributed by atoms with E-state index in [4.69, 9.17) is 0 Å². The van der Waals surface area contributed by atoms with E-state index in [0.717, 1.165) is 11.1 Å². The molecule has 154 valence electrons. The Labute approximate surface area is 171 Å². The smallest absolute Gasteiger partial charge is 0.319 e. The van der Waals surface area contributed by atoms with E-state index in [1.165, 1.54) is 6.92 Å². The molecule has 0 fully saturated rings. The Hall–Kier alpha value is -3.35. The third kappa shape index (κ3) is 7.65. The molecule has 0 saturated heterocycles. The summed E-state index contributed by atoms with van der Waals surface area (Å²) in [6.45, 7) is 7.17. The summed E-state index contributed by atoms with van der Waals surface area (Å²) in [5.74, 6) is -0.416. The fourth-order valence-corrected chi connectivity index (χ4v) is 2.76. The molecule has 0 saturated carbocycles. The van der Waals surface area contributed by atoms with Crippen LogP contribution >= 0.6 is 0 Å². The predicted molar refractivity (Wildman–Crippen MR) is 115 cm³/mol. The SMILES string of the molecule is CC(=O)NC(CC(=O)Nc1ccc(NC(=O)NC(C)C)cc1)c1ccc(C)cc1. The fraction of sp³-hybridized carbons (Fsp3) is 0.318. The Kier molecular flexibility index (Phi) is 7.77. The highest BCUT2D eigenvalue weighted by molar-refractivity contribution is 5.93. The summed E-state index contributed by atoms with van der Waals surface area (Å²) in [5, 5.41) is 11.1. The highest BCUT2D eigenvalue weighted by Crippen LogP contribution is 2.20. The Balaban J connectivity index is 1.97. The first-order valence-corrected chi connectivity index (χ1v) is 9.54. The molecule has 2 aromatic rings. The van der Waals surface area contributed by atoms with Crippen LogP contribution < -0.4 is 21.3 Å². The number of hydrogen-bond acceptors (Lipinski definition) is 3. The molecule has 0 aliphatic carbocycles. The average molecular weight is 396 g/mol. The van der Waals surface area contributed by atoms with Gasteiger partial charge < -0.3 is 21.3 Å².